The van der Waals surface area contributed by atoms with Gasteiger partial charge in [0.05, 0.1) is 18.7 Å². The van der Waals surface area contributed by atoms with Crippen molar-refractivity contribution in [1.82, 2.24) is 9.97 Å². The predicted molar refractivity (Wildman–Crippen MR) is 228 cm³/mol. The molecule has 320 valence electrons. The number of halogens is 6. The first kappa shape index (κ1) is 41.9. The number of alkyl halides is 2. The van der Waals surface area contributed by atoms with E-state index < -0.39 is 71.8 Å². The van der Waals surface area contributed by atoms with Crippen LogP contribution in [0.15, 0.2) is 108 Å². The monoisotopic (exact) mass is 898 g/mol. The van der Waals surface area contributed by atoms with Gasteiger partial charge in [0.25, 0.3) is 0 Å². The van der Waals surface area contributed by atoms with E-state index in [-0.39, 0.29) is 83.5 Å². The molecule has 0 bridgehead atoms. The summed E-state index contributed by atoms with van der Waals surface area (Å²) in [7, 11) is -4.01. The minimum absolute atomic E-state index is 0.0327. The number of benzene rings is 4. The van der Waals surface area contributed by atoms with Gasteiger partial charge < -0.3 is 25.0 Å². The number of hydrogen-bond acceptors (Lipinski definition) is 8. The molecule has 9 rings (SSSR count). The number of aromatic carboxylic acids is 1. The van der Waals surface area contributed by atoms with Gasteiger partial charge in [-0.2, -0.15) is 4.98 Å². The van der Waals surface area contributed by atoms with Crippen molar-refractivity contribution < 1.29 is 50.5 Å². The maximum absolute atomic E-state index is 17.4. The molecule has 10 nitrogen and oxygen atoms in total. The average Bonchev–Trinajstić information content (AvgIpc) is 3.24. The van der Waals surface area contributed by atoms with Crippen molar-refractivity contribution >= 4 is 64.0 Å². The molecule has 5 aromatic rings. The first-order valence-electron chi connectivity index (χ1n) is 19.8. The number of carboxylic acid groups (broad SMARTS) is 1. The lowest BCUT2D eigenvalue weighted by Gasteiger charge is -2.39. The van der Waals surface area contributed by atoms with Crippen molar-refractivity contribution in [2.24, 2.45) is 0 Å². The second-order valence-electron chi connectivity index (χ2n) is 15.5. The van der Waals surface area contributed by atoms with Crippen LogP contribution in [-0.4, -0.2) is 75.6 Å². The third-order valence-electron chi connectivity index (χ3n) is 11.5. The third kappa shape index (κ3) is 7.52. The summed E-state index contributed by atoms with van der Waals surface area (Å²) < 4.78 is 102. The number of ketones is 1. The Morgan fingerprint density at radius 2 is 1.59 bits per heavy atom. The van der Waals surface area contributed by atoms with Crippen molar-refractivity contribution in [3.8, 4) is 5.88 Å². The van der Waals surface area contributed by atoms with Crippen molar-refractivity contribution in [2.45, 2.75) is 31.8 Å². The van der Waals surface area contributed by atoms with Crippen LogP contribution in [0.4, 0.5) is 33.6 Å². The fraction of sp³-hybridized carbons (Fsp3) is 0.196. The van der Waals surface area contributed by atoms with Gasteiger partial charge in [0, 0.05) is 57.4 Å². The maximum atomic E-state index is 17.4. The van der Waals surface area contributed by atoms with Crippen LogP contribution in [0.3, 0.4) is 0 Å². The van der Waals surface area contributed by atoms with Crippen molar-refractivity contribution in [3.63, 3.8) is 0 Å². The van der Waals surface area contributed by atoms with Crippen LogP contribution in [0.2, 0.25) is 5.15 Å². The molecule has 1 atom stereocenters. The quantitative estimate of drug-likeness (QED) is 0.0340. The Hall–Kier alpha value is -6.44. The third-order valence-corrected chi connectivity index (χ3v) is 14.8. The number of aromatic nitrogens is 2. The Labute approximate surface area is 361 Å². The van der Waals surface area contributed by atoms with Crippen LogP contribution in [0.25, 0.3) is 5.57 Å². The molecule has 2 fully saturated rings. The number of rotatable bonds is 11. The van der Waals surface area contributed by atoms with Crippen molar-refractivity contribution in [2.75, 3.05) is 36.8 Å². The first-order valence-corrected chi connectivity index (χ1v) is 21.9. The summed E-state index contributed by atoms with van der Waals surface area (Å²) in [5.41, 5.74) is 4.12. The largest absolute Gasteiger partial charge is 0.478 e. The summed E-state index contributed by atoms with van der Waals surface area (Å²) in [6.07, 6.45) is 1.87. The normalized spacial score (nSPS) is 19.2. The molecule has 0 radical (unpaired) electrons. The fourth-order valence-corrected chi connectivity index (χ4v) is 11.5. The SMILES string of the molecule is Nc1nc(Cl)cc(OCc2ccc(CCC(=O)c3c(F)c(F)c(C(=O)O)c(C4=C5C=CC(=[N+]6CC(F)C6)C=C5P(=O)(c5ccccc5)c5cc(N6CC(F)C6)ccc54)c3F)cc2)n1. The highest BCUT2D eigenvalue weighted by Gasteiger charge is 2.46. The number of ether oxygens (including phenoxy) is 1. The number of carbonyl (C=O) groups is 2. The number of nitrogens with zero attached hydrogens (tertiary/aromatic N) is 4. The van der Waals surface area contributed by atoms with Crippen molar-refractivity contribution in [3.05, 3.63) is 164 Å². The molecule has 3 N–H and O–H groups in total. The molecule has 0 spiro atoms. The van der Waals surface area contributed by atoms with Gasteiger partial charge >= 0.3 is 5.97 Å². The number of carboxylic acids is 1. The predicted octanol–water partition coefficient (Wildman–Crippen LogP) is 7.77. The number of Topliss-reactive ketones (excluding diaryl/α,β-unsaturated/α-hetero) is 1. The van der Waals surface area contributed by atoms with E-state index in [4.69, 9.17) is 22.1 Å². The molecule has 1 unspecified atom stereocenters. The molecule has 3 aliphatic heterocycles. The molecule has 0 amide bonds. The highest BCUT2D eigenvalue weighted by molar-refractivity contribution is 7.83. The minimum atomic E-state index is -4.01. The summed E-state index contributed by atoms with van der Waals surface area (Å²) in [6, 6.07) is 21.1. The molecule has 4 heterocycles. The number of nitrogens with two attached hydrogens (primary N) is 1. The Kier molecular flexibility index (Phi) is 10.9. The topological polar surface area (TPSA) is 139 Å². The average molecular weight is 899 g/mol. The highest BCUT2D eigenvalue weighted by Crippen LogP contribution is 2.62. The van der Waals surface area contributed by atoms with Crippen LogP contribution < -0.4 is 26.0 Å². The van der Waals surface area contributed by atoms with E-state index in [9.17, 15) is 23.5 Å². The van der Waals surface area contributed by atoms with Gasteiger partial charge in [-0.1, -0.05) is 72.3 Å². The van der Waals surface area contributed by atoms with E-state index in [0.29, 0.717) is 27.8 Å². The smallest absolute Gasteiger partial charge is 0.339 e. The number of anilines is 2. The zero-order valence-electron chi connectivity index (χ0n) is 33.0. The zero-order valence-corrected chi connectivity index (χ0v) is 34.7. The summed E-state index contributed by atoms with van der Waals surface area (Å²) in [6.45, 7) is 0.261. The Morgan fingerprint density at radius 1 is 0.889 bits per heavy atom. The molecule has 1 aliphatic carbocycles. The molecule has 4 aliphatic rings. The number of allylic oxidation sites excluding steroid dienone is 5. The number of hydrogen-bond donors (Lipinski definition) is 2. The van der Waals surface area contributed by atoms with Gasteiger partial charge in [-0.25, -0.2) is 36.3 Å². The molecule has 1 aromatic heterocycles. The van der Waals surface area contributed by atoms with Gasteiger partial charge in [-0.05, 0) is 46.9 Å². The van der Waals surface area contributed by atoms with Gasteiger partial charge in [0.15, 0.2) is 37.6 Å². The van der Waals surface area contributed by atoms with E-state index in [1.165, 1.54) is 18.2 Å². The Bertz CT molecular complexity index is 2910. The van der Waals surface area contributed by atoms with E-state index in [1.807, 2.05) is 0 Å². The Balaban J connectivity index is 1.15. The molecular weight excluding hydrogens is 864 g/mol. The van der Waals surface area contributed by atoms with Gasteiger partial charge in [0.1, 0.15) is 29.3 Å². The number of nitrogen functional groups attached to an aromatic ring is 1. The van der Waals surface area contributed by atoms with Crippen LogP contribution in [-0.2, 0) is 17.6 Å². The van der Waals surface area contributed by atoms with Crippen LogP contribution in [0.5, 0.6) is 5.88 Å². The summed E-state index contributed by atoms with van der Waals surface area (Å²) in [5.74, 6) is -8.61. The Morgan fingerprint density at radius 3 is 2.25 bits per heavy atom. The second-order valence-corrected chi connectivity index (χ2v) is 18.6. The van der Waals surface area contributed by atoms with Crippen molar-refractivity contribution in [1.29, 1.82) is 0 Å². The number of carbonyl (C=O) groups excluding carboxylic acids is 1. The molecule has 2 saturated heterocycles. The van der Waals surface area contributed by atoms with Crippen LogP contribution in [0.1, 0.15) is 49.4 Å². The summed E-state index contributed by atoms with van der Waals surface area (Å²) in [5, 5.41) is 11.1. The second kappa shape index (κ2) is 16.4. The summed E-state index contributed by atoms with van der Waals surface area (Å²) in [4.78, 5) is 36.3. The first-order chi connectivity index (χ1) is 30.2. The highest BCUT2D eigenvalue weighted by atomic mass is 35.5. The van der Waals surface area contributed by atoms with E-state index >= 15 is 17.7 Å². The molecule has 0 saturated carbocycles. The number of aryl methyl sites for hydroxylation is 1. The maximum Gasteiger partial charge on any atom is 0.339 e. The molecule has 17 heteroatoms. The van der Waals surface area contributed by atoms with E-state index in [2.05, 4.69) is 9.97 Å². The minimum Gasteiger partial charge on any atom is -0.478 e. The lowest BCUT2D eigenvalue weighted by Crippen LogP contribution is -2.48. The molecule has 63 heavy (non-hydrogen) atoms. The van der Waals surface area contributed by atoms with Gasteiger partial charge in [-0.3, -0.25) is 4.79 Å². The fourth-order valence-electron chi connectivity index (χ4n) is 8.28. The lowest BCUT2D eigenvalue weighted by molar-refractivity contribution is -0.599. The summed E-state index contributed by atoms with van der Waals surface area (Å²) >= 11 is 5.91. The van der Waals surface area contributed by atoms with Gasteiger partial charge in [0.2, 0.25) is 23.7 Å². The lowest BCUT2D eigenvalue weighted by atomic mass is 9.84. The standard InChI is InChI=1S/C46H34ClF5N5O5P/c47-36-18-37(55-46(53)54-36)62-23-25-8-6-24(7-9-25)10-15-33(58)39-42(50)40(41(45(59)60)44(52)43(39)51)38-31-13-11-28(56-19-26(48)20-56)16-34(31)63(61,30-4-2-1-3-5-30)35-17-29(12-14-32(35)38)57-21-27(49)22-57/h1-9,11-14,16-18,26-27H,10,15,19-23H2,(H2-,53,54,55,59,60)/p+1. The van der Waals surface area contributed by atoms with E-state index in [1.54, 1.807) is 88.4 Å². The van der Waals surface area contributed by atoms with E-state index in [0.717, 1.165) is 0 Å². The zero-order chi connectivity index (χ0) is 44.3. The number of fused-ring (bicyclic) bond motifs is 2. The van der Waals surface area contributed by atoms with Crippen LogP contribution in [0, 0.1) is 17.5 Å². The van der Waals surface area contributed by atoms with Gasteiger partial charge in [-0.15, -0.1) is 0 Å². The van der Waals surface area contributed by atoms with Crippen LogP contribution >= 0.6 is 18.7 Å². The molecular formula is C46H35ClF5N5O5P+. The molecule has 4 aromatic carbocycles.